The maximum absolute atomic E-state index is 12.6. The van der Waals surface area contributed by atoms with Gasteiger partial charge >= 0.3 is 5.97 Å². The minimum absolute atomic E-state index is 0.234. The Balaban J connectivity index is 2.03. The number of nitrogens with zero attached hydrogens (tertiary/aromatic N) is 2. The predicted octanol–water partition coefficient (Wildman–Crippen LogP) is 1.16. The SMILES string of the molecule is O=C(O)C[C@@H]1C(=O)N2CCSC2=C1C(=O)c1ccccn1. The number of carboxylic acid groups (broad SMARTS) is 1. The molecule has 0 spiro atoms. The Bertz CT molecular complexity index is 656. The van der Waals surface area contributed by atoms with E-state index in [0.29, 0.717) is 11.6 Å². The van der Waals surface area contributed by atoms with Crippen molar-refractivity contribution < 1.29 is 19.5 Å². The van der Waals surface area contributed by atoms with Gasteiger partial charge < -0.3 is 10.0 Å². The Labute approximate surface area is 124 Å². The third-order valence-corrected chi connectivity index (χ3v) is 4.56. The van der Waals surface area contributed by atoms with E-state index in [4.69, 9.17) is 5.11 Å². The van der Waals surface area contributed by atoms with Gasteiger partial charge in [0.25, 0.3) is 0 Å². The van der Waals surface area contributed by atoms with E-state index in [0.717, 1.165) is 5.75 Å². The van der Waals surface area contributed by atoms with Crippen molar-refractivity contribution in [1.29, 1.82) is 0 Å². The summed E-state index contributed by atoms with van der Waals surface area (Å²) in [6.45, 7) is 0.522. The van der Waals surface area contributed by atoms with Crippen LogP contribution in [0.4, 0.5) is 0 Å². The maximum Gasteiger partial charge on any atom is 0.304 e. The first-order chi connectivity index (χ1) is 10.1. The van der Waals surface area contributed by atoms with Crippen LogP contribution in [0.5, 0.6) is 0 Å². The van der Waals surface area contributed by atoms with Gasteiger partial charge in [-0.3, -0.25) is 19.4 Å². The number of carboxylic acids is 1. The Kier molecular flexibility index (Phi) is 3.50. The molecule has 1 fully saturated rings. The normalized spacial score (nSPS) is 20.9. The first-order valence-corrected chi connectivity index (χ1v) is 7.44. The van der Waals surface area contributed by atoms with Crippen LogP contribution in [-0.4, -0.2) is 44.9 Å². The molecule has 0 unspecified atom stereocenters. The van der Waals surface area contributed by atoms with Gasteiger partial charge in [0.15, 0.2) is 0 Å². The van der Waals surface area contributed by atoms with Crippen molar-refractivity contribution in [2.45, 2.75) is 6.42 Å². The second-order valence-corrected chi connectivity index (χ2v) is 5.84. The summed E-state index contributed by atoms with van der Waals surface area (Å²) < 4.78 is 0. The molecule has 3 rings (SSSR count). The van der Waals surface area contributed by atoms with Crippen LogP contribution in [0.25, 0.3) is 0 Å². The monoisotopic (exact) mass is 304 g/mol. The zero-order chi connectivity index (χ0) is 15.0. The zero-order valence-electron chi connectivity index (χ0n) is 11.0. The zero-order valence-corrected chi connectivity index (χ0v) is 11.8. The lowest BCUT2D eigenvalue weighted by atomic mass is 9.93. The van der Waals surface area contributed by atoms with Crippen molar-refractivity contribution >= 4 is 29.4 Å². The highest BCUT2D eigenvalue weighted by Crippen LogP contribution is 2.43. The number of hydrogen-bond donors (Lipinski definition) is 1. The Morgan fingerprint density at radius 2 is 2.24 bits per heavy atom. The van der Waals surface area contributed by atoms with Gasteiger partial charge in [-0.05, 0) is 12.1 Å². The highest BCUT2D eigenvalue weighted by Gasteiger charge is 2.46. The summed E-state index contributed by atoms with van der Waals surface area (Å²) in [7, 11) is 0. The van der Waals surface area contributed by atoms with Crippen molar-refractivity contribution in [1.82, 2.24) is 9.88 Å². The molecule has 0 radical (unpaired) electrons. The number of pyridine rings is 1. The first-order valence-electron chi connectivity index (χ1n) is 6.45. The molecule has 1 aromatic heterocycles. The summed E-state index contributed by atoms with van der Waals surface area (Å²) in [6.07, 6.45) is 1.13. The number of fused-ring (bicyclic) bond motifs is 1. The van der Waals surface area contributed by atoms with Crippen molar-refractivity contribution in [2.24, 2.45) is 5.92 Å². The van der Waals surface area contributed by atoms with Gasteiger partial charge in [-0.2, -0.15) is 0 Å². The molecule has 1 saturated heterocycles. The van der Waals surface area contributed by atoms with Crippen molar-refractivity contribution in [3.8, 4) is 0 Å². The van der Waals surface area contributed by atoms with Gasteiger partial charge in [0.2, 0.25) is 11.7 Å². The quantitative estimate of drug-likeness (QED) is 0.840. The molecule has 0 bridgehead atoms. The molecule has 1 atom stereocenters. The molecule has 1 amide bonds. The van der Waals surface area contributed by atoms with Gasteiger partial charge in [0.05, 0.1) is 17.4 Å². The largest absolute Gasteiger partial charge is 0.481 e. The Morgan fingerprint density at radius 3 is 2.90 bits per heavy atom. The smallest absolute Gasteiger partial charge is 0.304 e. The molecule has 0 aromatic carbocycles. The second kappa shape index (κ2) is 5.33. The molecule has 3 heterocycles. The van der Waals surface area contributed by atoms with Crippen LogP contribution >= 0.6 is 11.8 Å². The average molecular weight is 304 g/mol. The third-order valence-electron chi connectivity index (χ3n) is 3.46. The van der Waals surface area contributed by atoms with Crippen molar-refractivity contribution in [3.63, 3.8) is 0 Å². The van der Waals surface area contributed by atoms with E-state index in [1.165, 1.54) is 22.9 Å². The lowest BCUT2D eigenvalue weighted by molar-refractivity contribution is -0.141. The lowest BCUT2D eigenvalue weighted by Crippen LogP contribution is -2.29. The van der Waals surface area contributed by atoms with E-state index < -0.39 is 11.9 Å². The summed E-state index contributed by atoms with van der Waals surface area (Å²) in [5.41, 5.74) is 0.515. The molecular weight excluding hydrogens is 292 g/mol. The van der Waals surface area contributed by atoms with Crippen LogP contribution in [0.15, 0.2) is 35.0 Å². The summed E-state index contributed by atoms with van der Waals surface area (Å²) in [5.74, 6) is -1.93. The maximum atomic E-state index is 12.6. The molecule has 1 aromatic rings. The molecule has 2 aliphatic heterocycles. The van der Waals surface area contributed by atoms with Crippen molar-refractivity contribution in [2.75, 3.05) is 12.3 Å². The van der Waals surface area contributed by atoms with Gasteiger partial charge in [-0.25, -0.2) is 0 Å². The average Bonchev–Trinajstić information content (AvgIpc) is 3.03. The minimum atomic E-state index is -1.09. The second-order valence-electron chi connectivity index (χ2n) is 4.75. The van der Waals surface area contributed by atoms with E-state index >= 15 is 0 Å². The van der Waals surface area contributed by atoms with Gasteiger partial charge in [0.1, 0.15) is 5.69 Å². The molecule has 0 saturated carbocycles. The Hall–Kier alpha value is -2.15. The molecule has 2 aliphatic rings. The number of hydrogen-bond acceptors (Lipinski definition) is 5. The highest BCUT2D eigenvalue weighted by atomic mass is 32.2. The molecule has 7 heteroatoms. The number of carbonyl (C=O) groups is 3. The number of carbonyl (C=O) groups excluding carboxylic acids is 2. The summed E-state index contributed by atoms with van der Waals surface area (Å²) >= 11 is 1.42. The third kappa shape index (κ3) is 2.33. The summed E-state index contributed by atoms with van der Waals surface area (Å²) in [4.78, 5) is 41.5. The van der Waals surface area contributed by atoms with Crippen LogP contribution in [0.1, 0.15) is 16.9 Å². The summed E-state index contributed by atoms with van der Waals surface area (Å²) in [6, 6.07) is 4.95. The first kappa shape index (κ1) is 13.8. The molecule has 0 aliphatic carbocycles. The van der Waals surface area contributed by atoms with E-state index in [1.807, 2.05) is 0 Å². The molecule has 108 valence electrons. The molecule has 1 N–H and O–H groups in total. The topological polar surface area (TPSA) is 87.6 Å². The Morgan fingerprint density at radius 1 is 1.43 bits per heavy atom. The van der Waals surface area contributed by atoms with Crippen LogP contribution < -0.4 is 0 Å². The fourth-order valence-corrected chi connectivity index (χ4v) is 3.76. The molecular formula is C14H12N2O4S. The molecule has 21 heavy (non-hydrogen) atoms. The van der Waals surface area contributed by atoms with E-state index in [2.05, 4.69) is 4.98 Å². The van der Waals surface area contributed by atoms with Crippen LogP contribution in [0.2, 0.25) is 0 Å². The standard InChI is InChI=1S/C14H12N2O4S/c17-10(18)7-8-11(12(19)9-3-1-2-4-15-9)14-16(13(8)20)5-6-21-14/h1-4,8H,5-7H2,(H,17,18)/t8-/m0/s1. The number of ketones is 1. The van der Waals surface area contributed by atoms with Crippen molar-refractivity contribution in [3.05, 3.63) is 40.7 Å². The van der Waals surface area contributed by atoms with Gasteiger partial charge in [-0.15, -0.1) is 11.8 Å². The number of amides is 1. The molecule has 6 nitrogen and oxygen atoms in total. The van der Waals surface area contributed by atoms with E-state index in [9.17, 15) is 14.4 Å². The van der Waals surface area contributed by atoms with E-state index in [-0.39, 0.29) is 29.4 Å². The number of aromatic nitrogens is 1. The number of rotatable bonds is 4. The number of thioether (sulfide) groups is 1. The summed E-state index contributed by atoms with van der Waals surface area (Å²) in [5, 5.41) is 9.60. The fourth-order valence-electron chi connectivity index (χ4n) is 2.56. The van der Waals surface area contributed by atoms with Gasteiger partial charge in [0, 0.05) is 24.1 Å². The van der Waals surface area contributed by atoms with Crippen LogP contribution in [-0.2, 0) is 9.59 Å². The van der Waals surface area contributed by atoms with Crippen LogP contribution in [0.3, 0.4) is 0 Å². The number of aliphatic carboxylic acids is 1. The minimum Gasteiger partial charge on any atom is -0.481 e. The predicted molar refractivity (Wildman–Crippen MR) is 75.5 cm³/mol. The number of Topliss-reactive ketones (excluding diaryl/α,β-unsaturated/α-hetero) is 1. The van der Waals surface area contributed by atoms with E-state index in [1.54, 1.807) is 18.2 Å². The van der Waals surface area contributed by atoms with Gasteiger partial charge in [-0.1, -0.05) is 6.07 Å². The fraction of sp³-hybridized carbons (Fsp3) is 0.286. The lowest BCUT2D eigenvalue weighted by Gasteiger charge is -2.12. The highest BCUT2D eigenvalue weighted by molar-refractivity contribution is 8.03. The van der Waals surface area contributed by atoms with Crippen LogP contribution in [0, 0.1) is 5.92 Å².